The molecule has 11 nitrogen and oxygen atoms in total. The van der Waals surface area contributed by atoms with Crippen molar-refractivity contribution in [2.75, 3.05) is 31.4 Å². The van der Waals surface area contributed by atoms with Crippen LogP contribution in [-0.2, 0) is 9.47 Å². The number of carbonyl (C=O) groups is 2. The second-order valence-corrected chi connectivity index (χ2v) is 5.25. The lowest BCUT2D eigenvalue weighted by Crippen LogP contribution is -2.10. The van der Waals surface area contributed by atoms with E-state index in [2.05, 4.69) is 36.7 Å². The first-order chi connectivity index (χ1) is 13.4. The lowest BCUT2D eigenvalue weighted by Gasteiger charge is -2.11. The van der Waals surface area contributed by atoms with Crippen molar-refractivity contribution in [1.82, 2.24) is 9.97 Å². The zero-order chi connectivity index (χ0) is 20.7. The van der Waals surface area contributed by atoms with Gasteiger partial charge in [0, 0.05) is 12.2 Å². The predicted octanol–water partition coefficient (Wildman–Crippen LogP) is 2.30. The van der Waals surface area contributed by atoms with Gasteiger partial charge in [-0.1, -0.05) is 6.08 Å². The highest BCUT2D eigenvalue weighted by Gasteiger charge is 2.23. The SMILES string of the molecule is C=CCNc1ncnc(Nc2cc(C(=O)OC)cc(C(=O)OC)c2)c1[N+](=O)[O-]. The topological polar surface area (TPSA) is 146 Å². The first-order valence-corrected chi connectivity index (χ1v) is 7.84. The van der Waals surface area contributed by atoms with Crippen molar-refractivity contribution >= 4 is 34.9 Å². The molecule has 0 spiro atoms. The van der Waals surface area contributed by atoms with E-state index in [-0.39, 0.29) is 35.0 Å². The van der Waals surface area contributed by atoms with Gasteiger partial charge in [-0.25, -0.2) is 19.6 Å². The Balaban J connectivity index is 2.52. The largest absolute Gasteiger partial charge is 0.465 e. The number of esters is 2. The van der Waals surface area contributed by atoms with Gasteiger partial charge in [0.15, 0.2) is 0 Å². The van der Waals surface area contributed by atoms with E-state index in [4.69, 9.17) is 0 Å². The Morgan fingerprint density at radius 1 is 1.14 bits per heavy atom. The van der Waals surface area contributed by atoms with E-state index in [1.165, 1.54) is 38.5 Å². The molecule has 146 valence electrons. The smallest absolute Gasteiger partial charge is 0.353 e. The van der Waals surface area contributed by atoms with E-state index >= 15 is 0 Å². The summed E-state index contributed by atoms with van der Waals surface area (Å²) < 4.78 is 9.33. The minimum atomic E-state index is -0.695. The number of hydrogen-bond acceptors (Lipinski definition) is 10. The maximum Gasteiger partial charge on any atom is 0.353 e. The van der Waals surface area contributed by atoms with E-state index in [1.54, 1.807) is 0 Å². The molecule has 0 saturated carbocycles. The van der Waals surface area contributed by atoms with E-state index in [0.29, 0.717) is 0 Å². The number of nitrogens with zero attached hydrogens (tertiary/aromatic N) is 3. The lowest BCUT2D eigenvalue weighted by atomic mass is 10.1. The van der Waals surface area contributed by atoms with Gasteiger partial charge >= 0.3 is 17.6 Å². The van der Waals surface area contributed by atoms with Gasteiger partial charge < -0.3 is 20.1 Å². The summed E-state index contributed by atoms with van der Waals surface area (Å²) in [6.45, 7) is 3.78. The standard InChI is InChI=1S/C17H17N5O6/c1-4-5-18-14-13(22(25)26)15(20-9-19-14)21-12-7-10(16(23)27-2)6-11(8-12)17(24)28-3/h4,6-9H,1,5H2,2-3H3,(H2,18,19,20,21). The maximum atomic E-state index is 11.9. The molecule has 0 bridgehead atoms. The van der Waals surface area contributed by atoms with Gasteiger partial charge in [0.1, 0.15) is 6.33 Å². The van der Waals surface area contributed by atoms with Gasteiger partial charge in [-0.2, -0.15) is 0 Å². The zero-order valence-electron chi connectivity index (χ0n) is 15.1. The number of rotatable bonds is 8. The van der Waals surface area contributed by atoms with Crippen molar-refractivity contribution in [3.05, 3.63) is 58.4 Å². The highest BCUT2D eigenvalue weighted by atomic mass is 16.6. The average Bonchev–Trinajstić information content (AvgIpc) is 2.70. The summed E-state index contributed by atoms with van der Waals surface area (Å²) in [5.74, 6) is -1.54. The molecular formula is C17H17N5O6. The fourth-order valence-electron chi connectivity index (χ4n) is 2.25. The number of ether oxygens (including phenoxy) is 2. The van der Waals surface area contributed by atoms with Crippen LogP contribution in [0.3, 0.4) is 0 Å². The molecule has 2 rings (SSSR count). The summed E-state index contributed by atoms with van der Waals surface area (Å²) in [4.78, 5) is 42.4. The maximum absolute atomic E-state index is 11.9. The van der Waals surface area contributed by atoms with Crippen LogP contribution in [-0.4, -0.2) is 47.6 Å². The van der Waals surface area contributed by atoms with Crippen LogP contribution in [0.15, 0.2) is 37.2 Å². The minimum absolute atomic E-state index is 0.0142. The third kappa shape index (κ3) is 4.58. The van der Waals surface area contributed by atoms with Gasteiger partial charge in [0.25, 0.3) is 0 Å². The molecule has 2 aromatic rings. The summed E-state index contributed by atoms with van der Waals surface area (Å²) in [5.41, 5.74) is -0.114. The summed E-state index contributed by atoms with van der Waals surface area (Å²) in [5, 5.41) is 17.0. The quantitative estimate of drug-likeness (QED) is 0.299. The Morgan fingerprint density at radius 2 is 1.71 bits per heavy atom. The fraction of sp³-hybridized carbons (Fsp3) is 0.176. The molecule has 0 saturated heterocycles. The normalized spacial score (nSPS) is 9.93. The Hall–Kier alpha value is -4.02. The Bertz CT molecular complexity index is 896. The minimum Gasteiger partial charge on any atom is -0.465 e. The molecule has 2 N–H and O–H groups in total. The van der Waals surface area contributed by atoms with Crippen LogP contribution in [0.2, 0.25) is 0 Å². The van der Waals surface area contributed by atoms with Crippen molar-refractivity contribution in [1.29, 1.82) is 0 Å². The van der Waals surface area contributed by atoms with Crippen molar-refractivity contribution in [2.45, 2.75) is 0 Å². The van der Waals surface area contributed by atoms with Gasteiger partial charge in [-0.05, 0) is 18.2 Å². The molecule has 0 radical (unpaired) electrons. The molecule has 0 amide bonds. The van der Waals surface area contributed by atoms with Crippen molar-refractivity contribution in [3.8, 4) is 0 Å². The molecule has 28 heavy (non-hydrogen) atoms. The number of hydrogen-bond donors (Lipinski definition) is 2. The first kappa shape index (κ1) is 20.3. The Morgan fingerprint density at radius 3 is 2.21 bits per heavy atom. The number of nitrogens with one attached hydrogen (secondary N) is 2. The van der Waals surface area contributed by atoms with Gasteiger partial charge in [-0.3, -0.25) is 10.1 Å². The number of aromatic nitrogens is 2. The van der Waals surface area contributed by atoms with E-state index < -0.39 is 22.5 Å². The number of methoxy groups -OCH3 is 2. The van der Waals surface area contributed by atoms with Crippen LogP contribution in [0, 0.1) is 10.1 Å². The van der Waals surface area contributed by atoms with Crippen molar-refractivity contribution < 1.29 is 24.0 Å². The van der Waals surface area contributed by atoms with E-state index in [0.717, 1.165) is 6.33 Å². The molecule has 0 aliphatic rings. The van der Waals surface area contributed by atoms with Crippen LogP contribution in [0.4, 0.5) is 23.0 Å². The fourth-order valence-corrected chi connectivity index (χ4v) is 2.25. The van der Waals surface area contributed by atoms with E-state index in [9.17, 15) is 19.7 Å². The van der Waals surface area contributed by atoms with Crippen LogP contribution < -0.4 is 10.6 Å². The number of nitro groups is 1. The number of benzene rings is 1. The number of carbonyl (C=O) groups excluding carboxylic acids is 2. The second-order valence-electron chi connectivity index (χ2n) is 5.25. The summed E-state index contributed by atoms with van der Waals surface area (Å²) >= 11 is 0. The molecule has 0 aliphatic heterocycles. The predicted molar refractivity (Wildman–Crippen MR) is 99.8 cm³/mol. The van der Waals surface area contributed by atoms with Gasteiger partial charge in [-0.15, -0.1) is 6.58 Å². The van der Waals surface area contributed by atoms with Crippen LogP contribution in [0.25, 0.3) is 0 Å². The highest BCUT2D eigenvalue weighted by molar-refractivity contribution is 5.97. The molecule has 0 atom stereocenters. The molecular weight excluding hydrogens is 370 g/mol. The third-order valence-electron chi connectivity index (χ3n) is 3.46. The zero-order valence-corrected chi connectivity index (χ0v) is 15.1. The molecule has 1 aromatic carbocycles. The van der Waals surface area contributed by atoms with Crippen LogP contribution >= 0.6 is 0 Å². The first-order valence-electron chi connectivity index (χ1n) is 7.84. The molecule has 11 heteroatoms. The van der Waals surface area contributed by atoms with Crippen LogP contribution in [0.5, 0.6) is 0 Å². The van der Waals surface area contributed by atoms with Gasteiger partial charge in [0.2, 0.25) is 11.6 Å². The second kappa shape index (κ2) is 9.07. The summed E-state index contributed by atoms with van der Waals surface area (Å²) in [6.07, 6.45) is 2.65. The summed E-state index contributed by atoms with van der Waals surface area (Å²) in [6, 6.07) is 4.01. The molecule has 1 heterocycles. The average molecular weight is 387 g/mol. The van der Waals surface area contributed by atoms with Crippen LogP contribution in [0.1, 0.15) is 20.7 Å². The lowest BCUT2D eigenvalue weighted by molar-refractivity contribution is -0.383. The third-order valence-corrected chi connectivity index (χ3v) is 3.46. The summed E-state index contributed by atoms with van der Waals surface area (Å²) in [7, 11) is 2.38. The molecule has 0 unspecified atom stereocenters. The highest BCUT2D eigenvalue weighted by Crippen LogP contribution is 2.31. The van der Waals surface area contributed by atoms with Crippen molar-refractivity contribution in [2.24, 2.45) is 0 Å². The Kier molecular flexibility index (Phi) is 6.58. The number of anilines is 3. The van der Waals surface area contributed by atoms with Gasteiger partial charge in [0.05, 0.1) is 30.3 Å². The molecule has 0 fully saturated rings. The monoisotopic (exact) mass is 387 g/mol. The van der Waals surface area contributed by atoms with Crippen molar-refractivity contribution in [3.63, 3.8) is 0 Å². The molecule has 0 aliphatic carbocycles. The van der Waals surface area contributed by atoms with E-state index in [1.807, 2.05) is 0 Å². The molecule has 1 aromatic heterocycles. The Labute approximate surface area is 159 Å².